The molecule has 2 aromatic carbocycles. The van der Waals surface area contributed by atoms with Crippen molar-refractivity contribution >= 4 is 22.9 Å². The van der Waals surface area contributed by atoms with Gasteiger partial charge >= 0.3 is 0 Å². The molecule has 0 saturated heterocycles. The lowest BCUT2D eigenvalue weighted by molar-refractivity contribution is -0.112. The second-order valence-electron chi connectivity index (χ2n) is 6.12. The molecule has 2 heterocycles. The highest BCUT2D eigenvalue weighted by molar-refractivity contribution is 5.97. The molecule has 0 radical (unpaired) electrons. The zero-order valence-electron chi connectivity index (χ0n) is 15.5. The van der Waals surface area contributed by atoms with Gasteiger partial charge in [-0.25, -0.2) is 4.98 Å². The van der Waals surface area contributed by atoms with E-state index in [0.717, 1.165) is 4.68 Å². The van der Waals surface area contributed by atoms with E-state index in [9.17, 15) is 9.59 Å². The Bertz CT molecular complexity index is 1260. The third kappa shape index (κ3) is 3.66. The highest BCUT2D eigenvalue weighted by Gasteiger charge is 2.17. The second-order valence-corrected chi connectivity index (χ2v) is 6.12. The van der Waals surface area contributed by atoms with Crippen LogP contribution >= 0.6 is 0 Å². The molecule has 0 unspecified atom stereocenters. The van der Waals surface area contributed by atoms with E-state index < -0.39 is 11.5 Å². The fraction of sp³-hybridized carbons (Fsp3) is 0.0455. The SMILES string of the molecule is COc1ccccc1-c1nc2ccccc2c(=O)n1NC(=O)/C=C/c1ccco1. The first-order chi connectivity index (χ1) is 14.2. The van der Waals surface area contributed by atoms with Gasteiger partial charge in [0.05, 0.1) is 29.8 Å². The Balaban J connectivity index is 1.84. The van der Waals surface area contributed by atoms with E-state index in [1.807, 2.05) is 12.1 Å². The average molecular weight is 387 g/mol. The summed E-state index contributed by atoms with van der Waals surface area (Å²) in [5, 5.41) is 0.390. The number of ether oxygens (including phenoxy) is 1. The van der Waals surface area contributed by atoms with Gasteiger partial charge in [-0.2, -0.15) is 4.68 Å². The number of furan rings is 1. The Morgan fingerprint density at radius 3 is 2.69 bits per heavy atom. The van der Waals surface area contributed by atoms with Gasteiger partial charge in [0.25, 0.3) is 11.5 Å². The predicted octanol–water partition coefficient (Wildman–Crippen LogP) is 3.45. The Kier molecular flexibility index (Phi) is 4.94. The summed E-state index contributed by atoms with van der Waals surface area (Å²) >= 11 is 0. The number of nitrogens with one attached hydrogen (secondary N) is 1. The topological polar surface area (TPSA) is 86.4 Å². The number of benzene rings is 2. The van der Waals surface area contributed by atoms with E-state index in [1.165, 1.54) is 25.5 Å². The van der Waals surface area contributed by atoms with Crippen LogP contribution in [0, 0.1) is 0 Å². The zero-order valence-corrected chi connectivity index (χ0v) is 15.5. The number of para-hydroxylation sites is 2. The number of rotatable bonds is 5. The van der Waals surface area contributed by atoms with Crippen LogP contribution in [0.15, 0.2) is 82.2 Å². The molecule has 7 heteroatoms. The number of hydrogen-bond acceptors (Lipinski definition) is 5. The molecule has 0 atom stereocenters. The minimum Gasteiger partial charge on any atom is -0.496 e. The number of carbonyl (C=O) groups excluding carboxylic acids is 1. The first-order valence-corrected chi connectivity index (χ1v) is 8.85. The molecule has 0 aliphatic carbocycles. The summed E-state index contributed by atoms with van der Waals surface area (Å²) in [4.78, 5) is 30.2. The van der Waals surface area contributed by atoms with Crippen molar-refractivity contribution in [3.63, 3.8) is 0 Å². The van der Waals surface area contributed by atoms with Gasteiger partial charge in [-0.1, -0.05) is 24.3 Å². The van der Waals surface area contributed by atoms with Crippen LogP contribution in [0.4, 0.5) is 0 Å². The van der Waals surface area contributed by atoms with Crippen molar-refractivity contribution in [1.82, 2.24) is 9.66 Å². The van der Waals surface area contributed by atoms with Gasteiger partial charge in [0.15, 0.2) is 5.82 Å². The molecule has 0 bridgehead atoms. The van der Waals surface area contributed by atoms with Crippen LogP contribution < -0.4 is 15.7 Å². The van der Waals surface area contributed by atoms with Gasteiger partial charge in [-0.15, -0.1) is 0 Å². The molecule has 0 saturated carbocycles. The number of aromatic nitrogens is 2. The number of fused-ring (bicyclic) bond motifs is 1. The lowest BCUT2D eigenvalue weighted by Crippen LogP contribution is -2.34. The summed E-state index contributed by atoms with van der Waals surface area (Å²) in [5.41, 5.74) is 3.31. The highest BCUT2D eigenvalue weighted by atomic mass is 16.5. The van der Waals surface area contributed by atoms with Crippen LogP contribution in [-0.4, -0.2) is 22.7 Å². The Morgan fingerprint density at radius 1 is 1.10 bits per heavy atom. The first-order valence-electron chi connectivity index (χ1n) is 8.85. The minimum atomic E-state index is -0.503. The van der Waals surface area contributed by atoms with Gasteiger partial charge in [0.1, 0.15) is 11.5 Å². The number of nitrogens with zero attached hydrogens (tertiary/aromatic N) is 2. The predicted molar refractivity (Wildman–Crippen MR) is 110 cm³/mol. The maximum absolute atomic E-state index is 13.1. The molecule has 29 heavy (non-hydrogen) atoms. The van der Waals surface area contributed by atoms with Crippen molar-refractivity contribution in [2.45, 2.75) is 0 Å². The summed E-state index contributed by atoms with van der Waals surface area (Å²) in [5.74, 6) is 0.820. The van der Waals surface area contributed by atoms with Crippen LogP contribution in [0.5, 0.6) is 5.75 Å². The molecule has 1 amide bonds. The van der Waals surface area contributed by atoms with Gasteiger partial charge in [0, 0.05) is 6.08 Å². The van der Waals surface area contributed by atoms with Crippen LogP contribution in [0.2, 0.25) is 0 Å². The maximum atomic E-state index is 13.1. The second kappa shape index (κ2) is 7.85. The Hall–Kier alpha value is -4.13. The molecule has 0 spiro atoms. The average Bonchev–Trinajstić information content (AvgIpc) is 3.28. The van der Waals surface area contributed by atoms with Gasteiger partial charge in [-0.05, 0) is 42.5 Å². The van der Waals surface area contributed by atoms with Gasteiger partial charge < -0.3 is 9.15 Å². The fourth-order valence-electron chi connectivity index (χ4n) is 2.94. The van der Waals surface area contributed by atoms with Crippen molar-refractivity contribution in [2.75, 3.05) is 12.5 Å². The van der Waals surface area contributed by atoms with Crippen LogP contribution in [0.1, 0.15) is 5.76 Å². The van der Waals surface area contributed by atoms with Crippen LogP contribution in [-0.2, 0) is 4.79 Å². The molecular formula is C22H17N3O4. The highest BCUT2D eigenvalue weighted by Crippen LogP contribution is 2.28. The monoisotopic (exact) mass is 387 g/mol. The number of amides is 1. The molecule has 4 rings (SSSR count). The van der Waals surface area contributed by atoms with E-state index in [1.54, 1.807) is 48.5 Å². The van der Waals surface area contributed by atoms with Crippen molar-refractivity contribution in [2.24, 2.45) is 0 Å². The van der Waals surface area contributed by atoms with E-state index >= 15 is 0 Å². The third-order valence-electron chi connectivity index (χ3n) is 4.29. The zero-order chi connectivity index (χ0) is 20.2. The first kappa shape index (κ1) is 18.2. The molecule has 0 fully saturated rings. The smallest absolute Gasteiger partial charge is 0.280 e. The maximum Gasteiger partial charge on any atom is 0.280 e. The van der Waals surface area contributed by atoms with E-state index in [2.05, 4.69) is 10.4 Å². The van der Waals surface area contributed by atoms with Gasteiger partial charge in [0.2, 0.25) is 0 Å². The Morgan fingerprint density at radius 2 is 1.90 bits per heavy atom. The van der Waals surface area contributed by atoms with Crippen molar-refractivity contribution in [1.29, 1.82) is 0 Å². The number of hydrogen-bond donors (Lipinski definition) is 1. The molecule has 7 nitrogen and oxygen atoms in total. The molecule has 0 aliphatic heterocycles. The summed E-state index contributed by atoms with van der Waals surface area (Å²) in [7, 11) is 1.53. The summed E-state index contributed by atoms with van der Waals surface area (Å²) in [6.45, 7) is 0. The fourth-order valence-corrected chi connectivity index (χ4v) is 2.94. The molecule has 144 valence electrons. The lowest BCUT2D eigenvalue weighted by atomic mass is 10.1. The molecule has 1 N–H and O–H groups in total. The quantitative estimate of drug-likeness (QED) is 0.530. The normalized spacial score (nSPS) is 11.1. The summed E-state index contributed by atoms with van der Waals surface area (Å²) in [6, 6.07) is 17.6. The molecular weight excluding hydrogens is 370 g/mol. The van der Waals surface area contributed by atoms with Crippen LogP contribution in [0.25, 0.3) is 28.4 Å². The van der Waals surface area contributed by atoms with Gasteiger partial charge in [-0.3, -0.25) is 15.0 Å². The molecule has 4 aromatic rings. The van der Waals surface area contributed by atoms with E-state index in [-0.39, 0.29) is 5.82 Å². The third-order valence-corrected chi connectivity index (χ3v) is 4.29. The summed E-state index contributed by atoms with van der Waals surface area (Å²) < 4.78 is 11.7. The lowest BCUT2D eigenvalue weighted by Gasteiger charge is -2.15. The van der Waals surface area contributed by atoms with E-state index in [4.69, 9.17) is 9.15 Å². The summed E-state index contributed by atoms with van der Waals surface area (Å²) in [6.07, 6.45) is 4.30. The van der Waals surface area contributed by atoms with Crippen molar-refractivity contribution in [3.05, 3.63) is 89.1 Å². The van der Waals surface area contributed by atoms with Crippen molar-refractivity contribution in [3.8, 4) is 17.1 Å². The molecule has 0 aliphatic rings. The number of methoxy groups -OCH3 is 1. The van der Waals surface area contributed by atoms with E-state index in [0.29, 0.717) is 28.0 Å². The Labute approximate surface area is 165 Å². The van der Waals surface area contributed by atoms with Crippen LogP contribution in [0.3, 0.4) is 0 Å². The number of carbonyl (C=O) groups is 1. The van der Waals surface area contributed by atoms with Crippen molar-refractivity contribution < 1.29 is 13.9 Å². The largest absolute Gasteiger partial charge is 0.496 e. The molecule has 2 aromatic heterocycles. The minimum absolute atomic E-state index is 0.269. The standard InChI is InChI=1S/C22H17N3O4/c1-28-19-11-5-3-9-17(19)21-23-18-10-4-2-8-16(18)22(27)25(21)24-20(26)13-12-15-7-6-14-29-15/h2-14H,1H3,(H,24,26)/b13-12+.